The van der Waals surface area contributed by atoms with Crippen molar-refractivity contribution < 1.29 is 14.6 Å². The van der Waals surface area contributed by atoms with Crippen LogP contribution in [0.25, 0.3) is 0 Å². The number of hydrogen-bond donors (Lipinski definition) is 2. The van der Waals surface area contributed by atoms with Gasteiger partial charge >= 0.3 is 5.97 Å². The topological polar surface area (TPSA) is 58.6 Å². The largest absolute Gasteiger partial charge is 0.491 e. The minimum Gasteiger partial charge on any atom is -0.491 e. The predicted octanol–water partition coefficient (Wildman–Crippen LogP) is 1.89. The smallest absolute Gasteiger partial charge is 0.324 e. The van der Waals surface area contributed by atoms with E-state index in [1.165, 1.54) is 0 Å². The maximum atomic E-state index is 11.1. The Morgan fingerprint density at radius 2 is 2.22 bits per heavy atom. The van der Waals surface area contributed by atoms with E-state index in [1.54, 1.807) is 0 Å². The Morgan fingerprint density at radius 3 is 2.83 bits per heavy atom. The van der Waals surface area contributed by atoms with Crippen molar-refractivity contribution in [2.24, 2.45) is 0 Å². The van der Waals surface area contributed by atoms with Gasteiger partial charge in [0.2, 0.25) is 0 Å². The average Bonchev–Trinajstić information content (AvgIpc) is 3.13. The third kappa shape index (κ3) is 3.23. The summed E-state index contributed by atoms with van der Waals surface area (Å²) in [5.41, 5.74) is 2.21. The second-order valence-electron chi connectivity index (χ2n) is 4.84. The van der Waals surface area contributed by atoms with E-state index in [2.05, 4.69) is 5.32 Å². The second kappa shape index (κ2) is 5.40. The van der Waals surface area contributed by atoms with Crippen LogP contribution in [0.1, 0.15) is 24.0 Å². The van der Waals surface area contributed by atoms with Gasteiger partial charge < -0.3 is 9.84 Å². The van der Waals surface area contributed by atoms with Gasteiger partial charge in [-0.25, -0.2) is 0 Å². The first kappa shape index (κ1) is 12.9. The second-order valence-corrected chi connectivity index (χ2v) is 4.84. The lowest BCUT2D eigenvalue weighted by molar-refractivity contribution is -0.140. The van der Waals surface area contributed by atoms with Crippen LogP contribution in [0.2, 0.25) is 0 Å². The van der Waals surface area contributed by atoms with Crippen molar-refractivity contribution in [3.8, 4) is 5.75 Å². The lowest BCUT2D eigenvalue weighted by atomic mass is 10.1. The van der Waals surface area contributed by atoms with Crippen LogP contribution in [-0.2, 0) is 4.79 Å². The van der Waals surface area contributed by atoms with Crippen LogP contribution >= 0.6 is 0 Å². The molecule has 4 heteroatoms. The molecule has 1 unspecified atom stereocenters. The van der Waals surface area contributed by atoms with Gasteiger partial charge in [0.25, 0.3) is 0 Å². The van der Waals surface area contributed by atoms with Gasteiger partial charge in [-0.3, -0.25) is 10.1 Å². The summed E-state index contributed by atoms with van der Waals surface area (Å²) in [6.07, 6.45) is 2.13. The first-order chi connectivity index (χ1) is 8.58. The minimum atomic E-state index is -0.854. The first-order valence-electron chi connectivity index (χ1n) is 6.26. The number of carbonyl (C=O) groups is 1. The van der Waals surface area contributed by atoms with Gasteiger partial charge in [-0.1, -0.05) is 12.1 Å². The number of benzene rings is 1. The highest BCUT2D eigenvalue weighted by molar-refractivity contribution is 5.73. The summed E-state index contributed by atoms with van der Waals surface area (Å²) in [7, 11) is 0. The van der Waals surface area contributed by atoms with E-state index in [-0.39, 0.29) is 6.61 Å². The molecule has 1 aliphatic rings. The number of aliphatic carboxylic acids is 1. The van der Waals surface area contributed by atoms with Crippen molar-refractivity contribution in [2.45, 2.75) is 38.8 Å². The molecule has 4 nitrogen and oxygen atoms in total. The summed E-state index contributed by atoms with van der Waals surface area (Å²) in [4.78, 5) is 11.1. The molecule has 0 bridgehead atoms. The van der Waals surface area contributed by atoms with Crippen LogP contribution in [0.4, 0.5) is 0 Å². The number of hydrogen-bond acceptors (Lipinski definition) is 3. The zero-order valence-electron chi connectivity index (χ0n) is 10.8. The van der Waals surface area contributed by atoms with E-state index in [0.29, 0.717) is 6.04 Å². The third-order valence-corrected chi connectivity index (χ3v) is 3.27. The summed E-state index contributed by atoms with van der Waals surface area (Å²) < 4.78 is 5.63. The van der Waals surface area contributed by atoms with Gasteiger partial charge in [-0.05, 0) is 43.9 Å². The molecule has 2 N–H and O–H groups in total. The summed E-state index contributed by atoms with van der Waals surface area (Å²) >= 11 is 0. The molecule has 0 amide bonds. The molecule has 2 rings (SSSR count). The highest BCUT2D eigenvalue weighted by Gasteiger charge is 2.28. The van der Waals surface area contributed by atoms with E-state index >= 15 is 0 Å². The van der Waals surface area contributed by atoms with E-state index in [9.17, 15) is 4.79 Å². The monoisotopic (exact) mass is 249 g/mol. The minimum absolute atomic E-state index is 0.163. The lowest BCUT2D eigenvalue weighted by Gasteiger charge is -2.16. The lowest BCUT2D eigenvalue weighted by Crippen LogP contribution is -2.42. The van der Waals surface area contributed by atoms with E-state index in [1.807, 2.05) is 32.0 Å². The molecule has 0 heterocycles. The maximum Gasteiger partial charge on any atom is 0.324 e. The van der Waals surface area contributed by atoms with Crippen LogP contribution in [0, 0.1) is 13.8 Å². The van der Waals surface area contributed by atoms with Crippen molar-refractivity contribution in [1.29, 1.82) is 0 Å². The Bertz CT molecular complexity index is 441. The number of carboxylic acids is 1. The molecule has 18 heavy (non-hydrogen) atoms. The molecule has 0 aliphatic heterocycles. The Balaban J connectivity index is 1.95. The number of rotatable bonds is 6. The number of nitrogens with one attached hydrogen (secondary N) is 1. The molecule has 1 fully saturated rings. The molecule has 98 valence electrons. The van der Waals surface area contributed by atoms with Gasteiger partial charge in [-0.15, -0.1) is 0 Å². The van der Waals surface area contributed by atoms with Crippen molar-refractivity contribution in [3.05, 3.63) is 29.3 Å². The van der Waals surface area contributed by atoms with Crippen LogP contribution in [0.5, 0.6) is 5.75 Å². The van der Waals surface area contributed by atoms with Crippen molar-refractivity contribution in [2.75, 3.05) is 6.61 Å². The van der Waals surface area contributed by atoms with E-state index in [0.717, 1.165) is 29.7 Å². The van der Waals surface area contributed by atoms with Gasteiger partial charge in [0.1, 0.15) is 18.4 Å². The van der Waals surface area contributed by atoms with E-state index < -0.39 is 12.0 Å². The molecule has 1 saturated carbocycles. The quantitative estimate of drug-likeness (QED) is 0.808. The summed E-state index contributed by atoms with van der Waals surface area (Å²) in [5, 5.41) is 12.2. The number of aryl methyl sites for hydroxylation is 1. The molecule has 1 aromatic carbocycles. The Kier molecular flexibility index (Phi) is 3.87. The molecule has 1 aliphatic carbocycles. The van der Waals surface area contributed by atoms with Gasteiger partial charge in [0.05, 0.1) is 0 Å². The predicted molar refractivity (Wildman–Crippen MR) is 69.0 cm³/mol. The molecule has 0 aromatic heterocycles. The number of carboxylic acid groups (broad SMARTS) is 1. The summed E-state index contributed by atoms with van der Waals surface area (Å²) in [6, 6.07) is 5.53. The Labute approximate surface area is 107 Å². The van der Waals surface area contributed by atoms with Crippen LogP contribution in [-0.4, -0.2) is 29.8 Å². The van der Waals surface area contributed by atoms with Crippen molar-refractivity contribution >= 4 is 5.97 Å². The Morgan fingerprint density at radius 1 is 1.50 bits per heavy atom. The normalized spacial score (nSPS) is 16.3. The maximum absolute atomic E-state index is 11.1. The Hall–Kier alpha value is -1.55. The summed E-state index contributed by atoms with van der Waals surface area (Å²) in [6.45, 7) is 4.16. The zero-order chi connectivity index (χ0) is 13.1. The molecular formula is C14H19NO3. The fourth-order valence-electron chi connectivity index (χ4n) is 1.78. The van der Waals surface area contributed by atoms with Crippen molar-refractivity contribution in [1.82, 2.24) is 5.32 Å². The van der Waals surface area contributed by atoms with Gasteiger partial charge in [0.15, 0.2) is 0 Å². The highest BCUT2D eigenvalue weighted by Crippen LogP contribution is 2.22. The standard InChI is InChI=1S/C14H19NO3/c1-9-4-3-5-13(10(9)2)18-8-12(14(16)17)15-11-6-7-11/h3-5,11-12,15H,6-8H2,1-2H3,(H,16,17). The molecule has 0 radical (unpaired) electrons. The highest BCUT2D eigenvalue weighted by atomic mass is 16.5. The third-order valence-electron chi connectivity index (χ3n) is 3.27. The number of ether oxygens (including phenoxy) is 1. The SMILES string of the molecule is Cc1cccc(OCC(NC2CC2)C(=O)O)c1C. The molecule has 1 atom stereocenters. The fourth-order valence-corrected chi connectivity index (χ4v) is 1.78. The van der Waals surface area contributed by atoms with Crippen molar-refractivity contribution in [3.63, 3.8) is 0 Å². The average molecular weight is 249 g/mol. The molecule has 0 saturated heterocycles. The molecular weight excluding hydrogens is 230 g/mol. The fraction of sp³-hybridized carbons (Fsp3) is 0.500. The first-order valence-corrected chi connectivity index (χ1v) is 6.26. The van der Waals surface area contributed by atoms with Crippen LogP contribution in [0.3, 0.4) is 0 Å². The van der Waals surface area contributed by atoms with Gasteiger partial charge in [0, 0.05) is 6.04 Å². The summed E-state index contributed by atoms with van der Waals surface area (Å²) in [5.74, 6) is -0.0916. The van der Waals surface area contributed by atoms with Crippen LogP contribution in [0.15, 0.2) is 18.2 Å². The van der Waals surface area contributed by atoms with E-state index in [4.69, 9.17) is 9.84 Å². The van der Waals surface area contributed by atoms with Crippen LogP contribution < -0.4 is 10.1 Å². The molecule has 0 spiro atoms. The zero-order valence-corrected chi connectivity index (χ0v) is 10.8. The van der Waals surface area contributed by atoms with Gasteiger partial charge in [-0.2, -0.15) is 0 Å². The molecule has 1 aromatic rings.